The summed E-state index contributed by atoms with van der Waals surface area (Å²) in [5, 5.41) is 12.4. The van der Waals surface area contributed by atoms with Gasteiger partial charge < -0.3 is 15.0 Å². The SMILES string of the molecule is CNCCN1C[C@H]2C[C@@H](n3cc(CN4CCCC4)nn3)[C@H](OCC3CC3)C[C@H]2C1. The van der Waals surface area contributed by atoms with Crippen molar-refractivity contribution in [3.63, 3.8) is 0 Å². The van der Waals surface area contributed by atoms with E-state index in [4.69, 9.17) is 4.74 Å². The molecule has 0 spiro atoms. The molecule has 162 valence electrons. The first-order valence-electron chi connectivity index (χ1n) is 11.9. The quantitative estimate of drug-likeness (QED) is 0.679. The lowest BCUT2D eigenvalue weighted by molar-refractivity contribution is -0.0375. The number of hydrogen-bond acceptors (Lipinski definition) is 6. The van der Waals surface area contributed by atoms with Crippen molar-refractivity contribution in [2.24, 2.45) is 17.8 Å². The van der Waals surface area contributed by atoms with Crippen molar-refractivity contribution in [2.75, 3.05) is 52.9 Å². The number of nitrogens with one attached hydrogen (secondary N) is 1. The third kappa shape index (κ3) is 4.84. The zero-order valence-corrected chi connectivity index (χ0v) is 18.0. The Hall–Kier alpha value is -1.02. The fourth-order valence-electron chi connectivity index (χ4n) is 5.66. The largest absolute Gasteiger partial charge is 0.376 e. The van der Waals surface area contributed by atoms with E-state index in [1.165, 1.54) is 64.7 Å². The van der Waals surface area contributed by atoms with Gasteiger partial charge in [-0.15, -0.1) is 5.10 Å². The van der Waals surface area contributed by atoms with Crippen LogP contribution >= 0.6 is 0 Å². The molecule has 2 saturated carbocycles. The van der Waals surface area contributed by atoms with Crippen LogP contribution in [0.2, 0.25) is 0 Å². The Balaban J connectivity index is 1.26. The molecule has 7 nitrogen and oxygen atoms in total. The minimum Gasteiger partial charge on any atom is -0.376 e. The van der Waals surface area contributed by atoms with Crippen molar-refractivity contribution in [3.8, 4) is 0 Å². The summed E-state index contributed by atoms with van der Waals surface area (Å²) in [6.45, 7) is 9.00. The number of hydrogen-bond donors (Lipinski definition) is 1. The Kier molecular flexibility index (Phi) is 6.18. The van der Waals surface area contributed by atoms with Gasteiger partial charge in [0.25, 0.3) is 0 Å². The standard InChI is InChI=1S/C22H38N6O/c1-23-6-9-27-12-18-10-21(22(11-19(18)13-27)29-16-17-4-5-17)28-15-20(24-25-28)14-26-7-2-3-8-26/h15,17-19,21-23H,2-14,16H2,1H3/t18-,19+,21-,22-/m1/s1. The van der Waals surface area contributed by atoms with E-state index in [9.17, 15) is 0 Å². The lowest BCUT2D eigenvalue weighted by Crippen LogP contribution is -2.38. The van der Waals surface area contributed by atoms with Crippen LogP contribution in [-0.2, 0) is 11.3 Å². The van der Waals surface area contributed by atoms with Gasteiger partial charge in [0, 0.05) is 39.3 Å². The van der Waals surface area contributed by atoms with E-state index in [-0.39, 0.29) is 0 Å². The summed E-state index contributed by atoms with van der Waals surface area (Å²) in [6.07, 6.45) is 10.2. The van der Waals surface area contributed by atoms with Crippen LogP contribution in [0.15, 0.2) is 6.20 Å². The molecular formula is C22H38N6O. The summed E-state index contributed by atoms with van der Waals surface area (Å²) >= 11 is 0. The molecule has 0 bridgehead atoms. The highest BCUT2D eigenvalue weighted by atomic mass is 16.5. The number of ether oxygens (including phenoxy) is 1. The number of likely N-dealkylation sites (N-methyl/N-ethyl adjacent to an activating group) is 1. The van der Waals surface area contributed by atoms with Gasteiger partial charge in [-0.2, -0.15) is 0 Å². The van der Waals surface area contributed by atoms with Crippen LogP contribution in [0.5, 0.6) is 0 Å². The van der Waals surface area contributed by atoms with Crippen LogP contribution in [0.4, 0.5) is 0 Å². The van der Waals surface area contributed by atoms with E-state index in [0.717, 1.165) is 49.7 Å². The number of likely N-dealkylation sites (tertiary alicyclic amines) is 2. The molecule has 2 aliphatic carbocycles. The molecule has 5 rings (SSSR count). The Morgan fingerprint density at radius 1 is 1.10 bits per heavy atom. The highest BCUT2D eigenvalue weighted by Crippen LogP contribution is 2.43. The molecular weight excluding hydrogens is 364 g/mol. The van der Waals surface area contributed by atoms with Crippen molar-refractivity contribution in [3.05, 3.63) is 11.9 Å². The molecule has 4 atom stereocenters. The van der Waals surface area contributed by atoms with E-state index < -0.39 is 0 Å². The fraction of sp³-hybridized carbons (Fsp3) is 0.909. The lowest BCUT2D eigenvalue weighted by atomic mass is 9.77. The maximum Gasteiger partial charge on any atom is 0.0967 e. The molecule has 2 aliphatic heterocycles. The van der Waals surface area contributed by atoms with Gasteiger partial charge in [-0.1, -0.05) is 5.21 Å². The average molecular weight is 403 g/mol. The minimum absolute atomic E-state index is 0.294. The van der Waals surface area contributed by atoms with E-state index in [0.29, 0.717) is 12.1 Å². The second-order valence-corrected chi connectivity index (χ2v) is 9.91. The second kappa shape index (κ2) is 9.00. The van der Waals surface area contributed by atoms with E-state index in [1.54, 1.807) is 0 Å². The molecule has 4 aliphatic rings. The first kappa shape index (κ1) is 19.9. The molecule has 4 fully saturated rings. The Labute approximate surface area is 175 Å². The Morgan fingerprint density at radius 3 is 2.66 bits per heavy atom. The number of fused-ring (bicyclic) bond motifs is 1. The van der Waals surface area contributed by atoms with Crippen molar-refractivity contribution in [1.82, 2.24) is 30.1 Å². The Bertz CT molecular complexity index is 655. The van der Waals surface area contributed by atoms with Crippen LogP contribution in [-0.4, -0.2) is 83.8 Å². The first-order valence-corrected chi connectivity index (χ1v) is 11.9. The maximum absolute atomic E-state index is 6.51. The highest BCUT2D eigenvalue weighted by molar-refractivity contribution is 5.00. The van der Waals surface area contributed by atoms with Crippen LogP contribution in [0, 0.1) is 17.8 Å². The van der Waals surface area contributed by atoms with Gasteiger partial charge in [-0.05, 0) is 76.4 Å². The predicted octanol–water partition coefficient (Wildman–Crippen LogP) is 1.77. The summed E-state index contributed by atoms with van der Waals surface area (Å²) < 4.78 is 8.67. The summed E-state index contributed by atoms with van der Waals surface area (Å²) in [4.78, 5) is 5.15. The predicted molar refractivity (Wildman–Crippen MR) is 113 cm³/mol. The molecule has 29 heavy (non-hydrogen) atoms. The van der Waals surface area contributed by atoms with Gasteiger partial charge in [0.05, 0.1) is 24.0 Å². The summed E-state index contributed by atoms with van der Waals surface area (Å²) in [6, 6.07) is 0.346. The molecule has 0 radical (unpaired) electrons. The van der Waals surface area contributed by atoms with Crippen LogP contribution in [0.25, 0.3) is 0 Å². The molecule has 1 aromatic heterocycles. The van der Waals surface area contributed by atoms with Crippen molar-refractivity contribution in [2.45, 2.75) is 57.2 Å². The molecule has 0 aromatic carbocycles. The van der Waals surface area contributed by atoms with Crippen LogP contribution < -0.4 is 5.32 Å². The maximum atomic E-state index is 6.51. The zero-order valence-electron chi connectivity index (χ0n) is 18.0. The first-order chi connectivity index (χ1) is 14.3. The van der Waals surface area contributed by atoms with Crippen LogP contribution in [0.1, 0.15) is 50.3 Å². The van der Waals surface area contributed by atoms with Crippen LogP contribution in [0.3, 0.4) is 0 Å². The lowest BCUT2D eigenvalue weighted by Gasteiger charge is -2.37. The van der Waals surface area contributed by atoms with E-state index in [1.807, 2.05) is 7.05 Å². The normalized spacial score (nSPS) is 33.4. The number of aromatic nitrogens is 3. The summed E-state index contributed by atoms with van der Waals surface area (Å²) in [5.41, 5.74) is 1.12. The smallest absolute Gasteiger partial charge is 0.0967 e. The molecule has 1 aromatic rings. The molecule has 1 N–H and O–H groups in total. The molecule has 3 heterocycles. The molecule has 7 heteroatoms. The van der Waals surface area contributed by atoms with Gasteiger partial charge in [0.15, 0.2) is 0 Å². The van der Waals surface area contributed by atoms with Crippen molar-refractivity contribution < 1.29 is 4.74 Å². The highest BCUT2D eigenvalue weighted by Gasteiger charge is 2.44. The van der Waals surface area contributed by atoms with Gasteiger partial charge >= 0.3 is 0 Å². The summed E-state index contributed by atoms with van der Waals surface area (Å²) in [7, 11) is 2.05. The average Bonchev–Trinajstić information content (AvgIpc) is 3.11. The van der Waals surface area contributed by atoms with Crippen molar-refractivity contribution in [1.29, 1.82) is 0 Å². The minimum atomic E-state index is 0.294. The summed E-state index contributed by atoms with van der Waals surface area (Å²) in [5.74, 6) is 2.36. The molecule has 2 saturated heterocycles. The van der Waals surface area contributed by atoms with Crippen molar-refractivity contribution >= 4 is 0 Å². The number of nitrogens with zero attached hydrogens (tertiary/aromatic N) is 5. The zero-order chi connectivity index (χ0) is 19.6. The Morgan fingerprint density at radius 2 is 1.90 bits per heavy atom. The third-order valence-electron chi connectivity index (χ3n) is 7.56. The van der Waals surface area contributed by atoms with Gasteiger partial charge in [0.1, 0.15) is 0 Å². The monoisotopic (exact) mass is 402 g/mol. The second-order valence-electron chi connectivity index (χ2n) is 9.91. The van der Waals surface area contributed by atoms with E-state index >= 15 is 0 Å². The fourth-order valence-corrected chi connectivity index (χ4v) is 5.66. The molecule has 0 amide bonds. The third-order valence-corrected chi connectivity index (χ3v) is 7.56. The van der Waals surface area contributed by atoms with Gasteiger partial charge in [-0.3, -0.25) is 4.90 Å². The van der Waals surface area contributed by atoms with Gasteiger partial charge in [0.2, 0.25) is 0 Å². The van der Waals surface area contributed by atoms with E-state index in [2.05, 4.69) is 36.3 Å². The molecule has 0 unspecified atom stereocenters. The number of rotatable bonds is 9. The van der Waals surface area contributed by atoms with Gasteiger partial charge in [-0.25, -0.2) is 4.68 Å². The topological polar surface area (TPSA) is 58.5 Å².